The molecule has 1 heterocycles. The molecule has 0 bridgehead atoms. The number of primary sulfonamides is 1. The SMILES string of the molecule is Cc1ccc(CNc2nc(-c3ccc(S(N)(=O)=O)cc3)cc(C(F)(F)F)n2)cc1. The summed E-state index contributed by atoms with van der Waals surface area (Å²) in [7, 11) is -3.91. The second kappa shape index (κ2) is 7.80. The van der Waals surface area contributed by atoms with Crippen molar-refractivity contribution in [2.45, 2.75) is 24.5 Å². The van der Waals surface area contributed by atoms with Crippen molar-refractivity contribution in [1.29, 1.82) is 0 Å². The zero-order valence-electron chi connectivity index (χ0n) is 15.2. The van der Waals surface area contributed by atoms with Gasteiger partial charge in [-0.15, -0.1) is 0 Å². The summed E-state index contributed by atoms with van der Waals surface area (Å²) in [6.07, 6.45) is -4.67. The lowest BCUT2D eigenvalue weighted by Gasteiger charge is -2.12. The average Bonchev–Trinajstić information content (AvgIpc) is 2.66. The van der Waals surface area contributed by atoms with E-state index in [-0.39, 0.29) is 23.1 Å². The Bertz CT molecular complexity index is 1110. The van der Waals surface area contributed by atoms with Gasteiger partial charge in [0.2, 0.25) is 16.0 Å². The number of rotatable bonds is 5. The fourth-order valence-electron chi connectivity index (χ4n) is 2.52. The Kier molecular flexibility index (Phi) is 5.58. The van der Waals surface area contributed by atoms with Gasteiger partial charge in [-0.05, 0) is 30.7 Å². The van der Waals surface area contributed by atoms with Crippen LogP contribution in [-0.4, -0.2) is 18.4 Å². The summed E-state index contributed by atoms with van der Waals surface area (Å²) in [6.45, 7) is 2.17. The monoisotopic (exact) mass is 422 g/mol. The number of aryl methyl sites for hydroxylation is 1. The first-order chi connectivity index (χ1) is 13.5. The highest BCUT2D eigenvalue weighted by molar-refractivity contribution is 7.89. The number of sulfonamides is 1. The lowest BCUT2D eigenvalue weighted by atomic mass is 10.1. The van der Waals surface area contributed by atoms with Crippen LogP contribution in [0.1, 0.15) is 16.8 Å². The maximum absolute atomic E-state index is 13.3. The molecular weight excluding hydrogens is 405 g/mol. The molecule has 3 rings (SSSR count). The van der Waals surface area contributed by atoms with Gasteiger partial charge in [0, 0.05) is 12.1 Å². The summed E-state index contributed by atoms with van der Waals surface area (Å²) in [5.41, 5.74) is 1.11. The number of alkyl halides is 3. The van der Waals surface area contributed by atoms with Crippen LogP contribution < -0.4 is 10.5 Å². The zero-order chi connectivity index (χ0) is 21.2. The van der Waals surface area contributed by atoms with E-state index in [1.165, 1.54) is 24.3 Å². The van der Waals surface area contributed by atoms with E-state index in [0.29, 0.717) is 5.56 Å². The molecule has 0 saturated carbocycles. The molecule has 10 heteroatoms. The van der Waals surface area contributed by atoms with Crippen molar-refractivity contribution in [2.75, 3.05) is 5.32 Å². The van der Waals surface area contributed by atoms with Gasteiger partial charge in [0.05, 0.1) is 10.6 Å². The fourth-order valence-corrected chi connectivity index (χ4v) is 3.04. The van der Waals surface area contributed by atoms with E-state index in [0.717, 1.165) is 17.2 Å². The van der Waals surface area contributed by atoms with Crippen molar-refractivity contribution >= 4 is 16.0 Å². The van der Waals surface area contributed by atoms with Gasteiger partial charge in [0.1, 0.15) is 0 Å². The average molecular weight is 422 g/mol. The van der Waals surface area contributed by atoms with Crippen LogP contribution in [0.15, 0.2) is 59.5 Å². The highest BCUT2D eigenvalue weighted by atomic mass is 32.2. The van der Waals surface area contributed by atoms with E-state index < -0.39 is 21.9 Å². The van der Waals surface area contributed by atoms with Crippen LogP contribution in [0.5, 0.6) is 0 Å². The summed E-state index contributed by atoms with van der Waals surface area (Å²) < 4.78 is 62.5. The van der Waals surface area contributed by atoms with Crippen molar-refractivity contribution in [3.05, 3.63) is 71.4 Å². The molecule has 152 valence electrons. The molecule has 0 unspecified atom stereocenters. The van der Waals surface area contributed by atoms with Gasteiger partial charge in [-0.2, -0.15) is 13.2 Å². The second-order valence-electron chi connectivity index (χ2n) is 6.37. The lowest BCUT2D eigenvalue weighted by molar-refractivity contribution is -0.141. The van der Waals surface area contributed by atoms with E-state index in [9.17, 15) is 21.6 Å². The Morgan fingerprint density at radius 3 is 2.17 bits per heavy atom. The Morgan fingerprint density at radius 2 is 1.62 bits per heavy atom. The predicted molar refractivity (Wildman–Crippen MR) is 102 cm³/mol. The van der Waals surface area contributed by atoms with Gasteiger partial charge >= 0.3 is 6.18 Å². The maximum atomic E-state index is 13.3. The van der Waals surface area contributed by atoms with Gasteiger partial charge < -0.3 is 5.32 Å². The van der Waals surface area contributed by atoms with Crippen LogP contribution in [0, 0.1) is 6.92 Å². The number of nitrogens with two attached hydrogens (primary N) is 1. The van der Waals surface area contributed by atoms with Gasteiger partial charge in [-0.1, -0.05) is 42.0 Å². The summed E-state index contributed by atoms with van der Waals surface area (Å²) in [4.78, 5) is 7.55. The van der Waals surface area contributed by atoms with Crippen molar-refractivity contribution < 1.29 is 21.6 Å². The standard InChI is InChI=1S/C19H17F3N4O2S/c1-12-2-4-13(5-3-12)11-24-18-25-16(10-17(26-18)19(20,21)22)14-6-8-15(9-7-14)29(23,27)28/h2-10H,11H2,1H3,(H2,23,27,28)(H,24,25,26). The second-order valence-corrected chi connectivity index (χ2v) is 7.93. The van der Waals surface area contributed by atoms with Crippen LogP contribution in [0.3, 0.4) is 0 Å². The molecular formula is C19H17F3N4O2S. The molecule has 0 aliphatic carbocycles. The molecule has 1 aromatic heterocycles. The molecule has 0 saturated heterocycles. The van der Waals surface area contributed by atoms with Crippen LogP contribution in [0.2, 0.25) is 0 Å². The maximum Gasteiger partial charge on any atom is 0.433 e. The Balaban J connectivity index is 1.94. The van der Waals surface area contributed by atoms with Crippen LogP contribution >= 0.6 is 0 Å². The number of anilines is 1. The van der Waals surface area contributed by atoms with E-state index >= 15 is 0 Å². The third kappa shape index (κ3) is 5.30. The van der Waals surface area contributed by atoms with Gasteiger partial charge in [-0.25, -0.2) is 23.5 Å². The topological polar surface area (TPSA) is 98.0 Å². The number of hydrogen-bond acceptors (Lipinski definition) is 5. The molecule has 0 radical (unpaired) electrons. The Hall–Kier alpha value is -2.98. The number of hydrogen-bond donors (Lipinski definition) is 2. The van der Waals surface area contributed by atoms with Crippen molar-refractivity contribution in [3.8, 4) is 11.3 Å². The van der Waals surface area contributed by atoms with Gasteiger partial charge in [0.15, 0.2) is 5.69 Å². The summed E-state index contributed by atoms with van der Waals surface area (Å²) >= 11 is 0. The number of aromatic nitrogens is 2. The summed E-state index contributed by atoms with van der Waals surface area (Å²) in [6, 6.07) is 13.4. The quantitative estimate of drug-likeness (QED) is 0.653. The molecule has 0 amide bonds. The van der Waals surface area contributed by atoms with Crippen LogP contribution in [0.25, 0.3) is 11.3 Å². The number of halogens is 3. The van der Waals surface area contributed by atoms with Gasteiger partial charge in [0.25, 0.3) is 0 Å². The lowest BCUT2D eigenvalue weighted by Crippen LogP contribution is -2.13. The van der Waals surface area contributed by atoms with Gasteiger partial charge in [-0.3, -0.25) is 0 Å². The molecule has 6 nitrogen and oxygen atoms in total. The normalized spacial score (nSPS) is 12.0. The molecule has 0 spiro atoms. The third-order valence-corrected chi connectivity index (χ3v) is 5.00. The Labute approximate surface area is 165 Å². The highest BCUT2D eigenvalue weighted by Crippen LogP contribution is 2.31. The van der Waals surface area contributed by atoms with Crippen molar-refractivity contribution in [1.82, 2.24) is 9.97 Å². The first-order valence-electron chi connectivity index (χ1n) is 8.41. The number of nitrogens with one attached hydrogen (secondary N) is 1. The first-order valence-corrected chi connectivity index (χ1v) is 9.96. The molecule has 0 aliphatic heterocycles. The molecule has 3 aromatic rings. The van der Waals surface area contributed by atoms with Crippen LogP contribution in [0.4, 0.5) is 19.1 Å². The fraction of sp³-hybridized carbons (Fsp3) is 0.158. The van der Waals surface area contributed by atoms with Crippen LogP contribution in [-0.2, 0) is 22.7 Å². The minimum absolute atomic E-state index is 0.000277. The molecule has 0 atom stereocenters. The molecule has 0 aliphatic rings. The van der Waals surface area contributed by atoms with Crippen molar-refractivity contribution in [2.24, 2.45) is 5.14 Å². The van der Waals surface area contributed by atoms with E-state index in [2.05, 4.69) is 15.3 Å². The third-order valence-electron chi connectivity index (χ3n) is 4.07. The minimum Gasteiger partial charge on any atom is -0.350 e. The minimum atomic E-state index is -4.67. The van der Waals surface area contributed by atoms with E-state index in [1.54, 1.807) is 0 Å². The van der Waals surface area contributed by atoms with Crippen molar-refractivity contribution in [3.63, 3.8) is 0 Å². The summed E-state index contributed by atoms with van der Waals surface area (Å²) in [5, 5.41) is 7.84. The largest absolute Gasteiger partial charge is 0.433 e. The predicted octanol–water partition coefficient (Wildman–Crippen LogP) is 3.73. The first kappa shape index (κ1) is 20.7. The number of benzene rings is 2. The molecule has 3 N–H and O–H groups in total. The zero-order valence-corrected chi connectivity index (χ0v) is 16.1. The molecule has 2 aromatic carbocycles. The summed E-state index contributed by atoms with van der Waals surface area (Å²) in [5.74, 6) is -0.189. The molecule has 0 fully saturated rings. The van der Waals surface area contributed by atoms with E-state index in [4.69, 9.17) is 5.14 Å². The highest BCUT2D eigenvalue weighted by Gasteiger charge is 2.33. The Morgan fingerprint density at radius 1 is 1.00 bits per heavy atom. The van der Waals surface area contributed by atoms with E-state index in [1.807, 2.05) is 31.2 Å². The molecule has 29 heavy (non-hydrogen) atoms. The smallest absolute Gasteiger partial charge is 0.350 e. The number of nitrogens with zero attached hydrogens (tertiary/aromatic N) is 2.